The number of alkyl halides is 2. The first-order valence-electron chi connectivity index (χ1n) is 5.15. The predicted octanol–water partition coefficient (Wildman–Crippen LogP) is 2.30. The maximum Gasteiger partial charge on any atom is 0.318 e. The number of carboxylic acids is 1. The van der Waals surface area contributed by atoms with Gasteiger partial charge in [0.2, 0.25) is 0 Å². The summed E-state index contributed by atoms with van der Waals surface area (Å²) >= 11 is 0. The van der Waals surface area contributed by atoms with Crippen LogP contribution >= 0.6 is 0 Å². The number of hydrogen-bond donors (Lipinski definition) is 1. The standard InChI is InChI=1S/C10H16F2O3/c1-2-3-4-9(8(13)14)7-15-6-5-10(9,11)12/h2-7H2,1H3,(H,13,14). The van der Waals surface area contributed by atoms with Gasteiger partial charge in [0.1, 0.15) is 0 Å². The van der Waals surface area contributed by atoms with Gasteiger partial charge in [-0.15, -0.1) is 0 Å². The number of aliphatic carboxylic acids is 1. The average molecular weight is 222 g/mol. The van der Waals surface area contributed by atoms with Crippen molar-refractivity contribution in [1.29, 1.82) is 0 Å². The summed E-state index contributed by atoms with van der Waals surface area (Å²) < 4.78 is 32.2. The van der Waals surface area contributed by atoms with E-state index in [2.05, 4.69) is 0 Å². The summed E-state index contributed by atoms with van der Waals surface area (Å²) in [6.07, 6.45) is 0.658. The van der Waals surface area contributed by atoms with Gasteiger partial charge < -0.3 is 9.84 Å². The smallest absolute Gasteiger partial charge is 0.318 e. The first-order valence-corrected chi connectivity index (χ1v) is 5.15. The van der Waals surface area contributed by atoms with E-state index in [0.717, 1.165) is 0 Å². The molecule has 1 aliphatic heterocycles. The zero-order valence-electron chi connectivity index (χ0n) is 8.76. The maximum atomic E-state index is 13.6. The van der Waals surface area contributed by atoms with Gasteiger partial charge in [-0.05, 0) is 6.42 Å². The van der Waals surface area contributed by atoms with Gasteiger partial charge in [-0.25, -0.2) is 8.78 Å². The minimum atomic E-state index is -3.16. The Labute approximate surface area is 87.4 Å². The summed E-state index contributed by atoms with van der Waals surface area (Å²) in [5.74, 6) is -4.60. The van der Waals surface area contributed by atoms with Gasteiger partial charge in [-0.2, -0.15) is 0 Å². The van der Waals surface area contributed by atoms with E-state index < -0.39 is 23.7 Å². The van der Waals surface area contributed by atoms with Gasteiger partial charge in [0.05, 0.1) is 13.2 Å². The third-order valence-electron chi connectivity index (χ3n) is 2.98. The second kappa shape index (κ2) is 4.43. The molecule has 0 radical (unpaired) electrons. The van der Waals surface area contributed by atoms with Crippen LogP contribution in [0.3, 0.4) is 0 Å². The second-order valence-electron chi connectivity index (χ2n) is 4.00. The molecule has 1 atom stereocenters. The van der Waals surface area contributed by atoms with Crippen LogP contribution in [0.25, 0.3) is 0 Å². The van der Waals surface area contributed by atoms with E-state index in [4.69, 9.17) is 9.84 Å². The van der Waals surface area contributed by atoms with E-state index in [9.17, 15) is 13.6 Å². The number of ether oxygens (including phenoxy) is 1. The fourth-order valence-electron chi connectivity index (χ4n) is 1.85. The van der Waals surface area contributed by atoms with Crippen LogP contribution in [-0.4, -0.2) is 30.2 Å². The van der Waals surface area contributed by atoms with E-state index in [-0.39, 0.29) is 19.6 Å². The van der Waals surface area contributed by atoms with E-state index >= 15 is 0 Å². The van der Waals surface area contributed by atoms with Crippen molar-refractivity contribution in [2.45, 2.75) is 38.5 Å². The Bertz CT molecular complexity index is 243. The Morgan fingerprint density at radius 2 is 2.20 bits per heavy atom. The Morgan fingerprint density at radius 1 is 1.53 bits per heavy atom. The highest BCUT2D eigenvalue weighted by atomic mass is 19.3. The van der Waals surface area contributed by atoms with Crippen LogP contribution in [0.5, 0.6) is 0 Å². The first-order chi connectivity index (χ1) is 6.96. The molecule has 1 aliphatic rings. The van der Waals surface area contributed by atoms with Crippen LogP contribution in [0.4, 0.5) is 8.78 Å². The van der Waals surface area contributed by atoms with Gasteiger partial charge in [-0.1, -0.05) is 19.8 Å². The van der Waals surface area contributed by atoms with Crippen molar-refractivity contribution < 1.29 is 23.4 Å². The highest BCUT2D eigenvalue weighted by Crippen LogP contribution is 2.46. The van der Waals surface area contributed by atoms with Crippen molar-refractivity contribution in [3.63, 3.8) is 0 Å². The Hall–Kier alpha value is -0.710. The van der Waals surface area contributed by atoms with Crippen LogP contribution in [0.1, 0.15) is 32.6 Å². The highest BCUT2D eigenvalue weighted by Gasteiger charge is 2.60. The summed E-state index contributed by atoms with van der Waals surface area (Å²) in [6, 6.07) is 0. The number of hydrogen-bond acceptors (Lipinski definition) is 2. The van der Waals surface area contributed by atoms with Gasteiger partial charge in [0.15, 0.2) is 5.41 Å². The molecule has 0 aromatic carbocycles. The number of unbranched alkanes of at least 4 members (excludes halogenated alkanes) is 1. The molecule has 0 bridgehead atoms. The van der Waals surface area contributed by atoms with Crippen molar-refractivity contribution in [3.05, 3.63) is 0 Å². The van der Waals surface area contributed by atoms with Crippen molar-refractivity contribution >= 4 is 5.97 Å². The minimum absolute atomic E-state index is 0.0220. The van der Waals surface area contributed by atoms with Crippen LogP contribution in [-0.2, 0) is 9.53 Å². The quantitative estimate of drug-likeness (QED) is 0.793. The van der Waals surface area contributed by atoms with Crippen molar-refractivity contribution in [2.24, 2.45) is 5.41 Å². The first kappa shape index (κ1) is 12.4. The Morgan fingerprint density at radius 3 is 2.67 bits per heavy atom. The number of carbonyl (C=O) groups is 1. The van der Waals surface area contributed by atoms with Crippen LogP contribution < -0.4 is 0 Å². The fourth-order valence-corrected chi connectivity index (χ4v) is 1.85. The molecule has 1 rings (SSSR count). The van der Waals surface area contributed by atoms with E-state index in [0.29, 0.717) is 12.8 Å². The molecular formula is C10H16F2O3. The molecule has 0 aliphatic carbocycles. The lowest BCUT2D eigenvalue weighted by Crippen LogP contribution is -2.54. The summed E-state index contributed by atoms with van der Waals surface area (Å²) in [7, 11) is 0. The van der Waals surface area contributed by atoms with E-state index in [1.807, 2.05) is 6.92 Å². The maximum absolute atomic E-state index is 13.6. The zero-order valence-corrected chi connectivity index (χ0v) is 8.76. The number of carboxylic acid groups (broad SMARTS) is 1. The van der Waals surface area contributed by atoms with Gasteiger partial charge in [0, 0.05) is 6.42 Å². The van der Waals surface area contributed by atoms with Crippen molar-refractivity contribution in [3.8, 4) is 0 Å². The fraction of sp³-hybridized carbons (Fsp3) is 0.900. The second-order valence-corrected chi connectivity index (χ2v) is 4.00. The molecule has 1 unspecified atom stereocenters. The molecule has 0 spiro atoms. The summed E-state index contributed by atoms with van der Waals surface area (Å²) in [5, 5.41) is 8.99. The van der Waals surface area contributed by atoms with E-state index in [1.165, 1.54) is 0 Å². The molecule has 1 heterocycles. The molecule has 5 heteroatoms. The monoisotopic (exact) mass is 222 g/mol. The van der Waals surface area contributed by atoms with E-state index in [1.54, 1.807) is 0 Å². The average Bonchev–Trinajstić information content (AvgIpc) is 2.15. The summed E-state index contributed by atoms with van der Waals surface area (Å²) in [5.41, 5.74) is -2.01. The number of halogens is 2. The SMILES string of the molecule is CCCCC1(C(=O)O)COCCC1(F)F. The molecule has 0 amide bonds. The number of rotatable bonds is 4. The van der Waals surface area contributed by atoms with Crippen LogP contribution in [0.2, 0.25) is 0 Å². The highest BCUT2D eigenvalue weighted by molar-refractivity contribution is 5.76. The Balaban J connectivity index is 2.90. The molecule has 3 nitrogen and oxygen atoms in total. The molecule has 1 fully saturated rings. The molecule has 1 saturated heterocycles. The van der Waals surface area contributed by atoms with Crippen molar-refractivity contribution in [1.82, 2.24) is 0 Å². The normalized spacial score (nSPS) is 30.1. The molecule has 1 N–H and O–H groups in total. The lowest BCUT2D eigenvalue weighted by Gasteiger charge is -2.40. The van der Waals surface area contributed by atoms with Gasteiger partial charge in [0.25, 0.3) is 5.92 Å². The predicted molar refractivity (Wildman–Crippen MR) is 50.0 cm³/mol. The molecule has 0 aromatic heterocycles. The lowest BCUT2D eigenvalue weighted by molar-refractivity contribution is -0.217. The molecule has 0 aromatic rings. The van der Waals surface area contributed by atoms with Gasteiger partial charge >= 0.3 is 5.97 Å². The third-order valence-corrected chi connectivity index (χ3v) is 2.98. The topological polar surface area (TPSA) is 46.5 Å². The summed E-state index contributed by atoms with van der Waals surface area (Å²) in [6.45, 7) is 1.40. The summed E-state index contributed by atoms with van der Waals surface area (Å²) in [4.78, 5) is 11.0. The minimum Gasteiger partial charge on any atom is -0.481 e. The third kappa shape index (κ3) is 2.12. The molecule has 15 heavy (non-hydrogen) atoms. The lowest BCUT2D eigenvalue weighted by atomic mass is 9.75. The largest absolute Gasteiger partial charge is 0.481 e. The zero-order chi connectivity index (χ0) is 11.5. The molecular weight excluding hydrogens is 206 g/mol. The van der Waals surface area contributed by atoms with Gasteiger partial charge in [-0.3, -0.25) is 4.79 Å². The Kier molecular flexibility index (Phi) is 3.65. The van der Waals surface area contributed by atoms with Crippen LogP contribution in [0, 0.1) is 5.41 Å². The van der Waals surface area contributed by atoms with Crippen LogP contribution in [0.15, 0.2) is 0 Å². The molecule has 0 saturated carbocycles. The van der Waals surface area contributed by atoms with Crippen molar-refractivity contribution in [2.75, 3.05) is 13.2 Å². The molecule has 88 valence electrons.